The van der Waals surface area contributed by atoms with E-state index in [9.17, 15) is 4.79 Å². The van der Waals surface area contributed by atoms with E-state index in [-0.39, 0.29) is 11.8 Å². The summed E-state index contributed by atoms with van der Waals surface area (Å²) in [4.78, 5) is 19.4. The molecule has 2 atom stereocenters. The molecule has 2 aromatic heterocycles. The van der Waals surface area contributed by atoms with E-state index in [2.05, 4.69) is 15.1 Å². The van der Waals surface area contributed by atoms with E-state index in [4.69, 9.17) is 9.63 Å². The van der Waals surface area contributed by atoms with Gasteiger partial charge in [0.05, 0.1) is 5.92 Å². The lowest BCUT2D eigenvalue weighted by Crippen LogP contribution is -2.09. The smallest absolute Gasteiger partial charge is 0.306 e. The highest BCUT2D eigenvalue weighted by Gasteiger charge is 2.33. The third-order valence-electron chi connectivity index (χ3n) is 3.85. The first-order valence-electron chi connectivity index (χ1n) is 6.62. The average molecular weight is 273 g/mol. The van der Waals surface area contributed by atoms with Gasteiger partial charge in [0.15, 0.2) is 0 Å². The molecule has 1 aliphatic rings. The molecule has 0 spiro atoms. The molecular weight excluding hydrogens is 258 g/mol. The fourth-order valence-electron chi connectivity index (χ4n) is 2.64. The molecule has 2 unspecified atom stereocenters. The van der Waals surface area contributed by atoms with Crippen molar-refractivity contribution in [2.75, 3.05) is 0 Å². The SMILES string of the molecule is Cc1ccncc1-c1noc(C2CCC(C(=O)O)C2)n1. The summed E-state index contributed by atoms with van der Waals surface area (Å²) in [5.41, 5.74) is 1.87. The van der Waals surface area contributed by atoms with Crippen LogP contribution in [0, 0.1) is 12.8 Å². The number of hydrogen-bond donors (Lipinski definition) is 1. The number of aliphatic carboxylic acids is 1. The Labute approximate surface area is 115 Å². The lowest BCUT2D eigenvalue weighted by Gasteiger charge is -2.02. The van der Waals surface area contributed by atoms with Crippen LogP contribution in [0.2, 0.25) is 0 Å². The summed E-state index contributed by atoms with van der Waals surface area (Å²) in [6.45, 7) is 1.96. The Bertz CT molecular complexity index is 638. The van der Waals surface area contributed by atoms with Crippen molar-refractivity contribution in [1.29, 1.82) is 0 Å². The molecule has 1 N–H and O–H groups in total. The molecule has 1 saturated carbocycles. The molecule has 0 aromatic carbocycles. The third-order valence-corrected chi connectivity index (χ3v) is 3.85. The van der Waals surface area contributed by atoms with Crippen molar-refractivity contribution in [1.82, 2.24) is 15.1 Å². The number of rotatable bonds is 3. The van der Waals surface area contributed by atoms with Crippen LogP contribution in [0.3, 0.4) is 0 Å². The molecule has 0 bridgehead atoms. The van der Waals surface area contributed by atoms with Crippen LogP contribution in [0.4, 0.5) is 0 Å². The minimum absolute atomic E-state index is 0.0503. The van der Waals surface area contributed by atoms with Gasteiger partial charge in [0.2, 0.25) is 11.7 Å². The standard InChI is InChI=1S/C14H15N3O3/c1-8-4-5-15-7-11(8)12-16-13(20-17-12)9-2-3-10(6-9)14(18)19/h4-5,7,9-10H,2-3,6H2,1H3,(H,18,19). The Kier molecular flexibility index (Phi) is 3.22. The van der Waals surface area contributed by atoms with Gasteiger partial charge in [0.25, 0.3) is 0 Å². The van der Waals surface area contributed by atoms with Crippen molar-refractivity contribution in [2.45, 2.75) is 32.1 Å². The number of aryl methyl sites for hydroxylation is 1. The molecule has 6 heteroatoms. The molecule has 104 valence electrons. The summed E-state index contributed by atoms with van der Waals surface area (Å²) in [5, 5.41) is 13.0. The summed E-state index contributed by atoms with van der Waals surface area (Å²) in [7, 11) is 0. The highest BCUT2D eigenvalue weighted by Crippen LogP contribution is 2.38. The van der Waals surface area contributed by atoms with E-state index in [0.29, 0.717) is 24.6 Å². The molecule has 0 saturated heterocycles. The number of carboxylic acids is 1. The van der Waals surface area contributed by atoms with E-state index in [1.165, 1.54) is 0 Å². The van der Waals surface area contributed by atoms with Gasteiger partial charge < -0.3 is 9.63 Å². The molecule has 2 aromatic rings. The maximum Gasteiger partial charge on any atom is 0.306 e. The second kappa shape index (κ2) is 5.03. The van der Waals surface area contributed by atoms with Gasteiger partial charge in [0, 0.05) is 23.9 Å². The van der Waals surface area contributed by atoms with Crippen molar-refractivity contribution in [3.63, 3.8) is 0 Å². The third kappa shape index (κ3) is 2.29. The Morgan fingerprint density at radius 3 is 3.00 bits per heavy atom. The van der Waals surface area contributed by atoms with Crippen molar-refractivity contribution in [3.05, 3.63) is 29.9 Å². The van der Waals surface area contributed by atoms with Crippen LogP contribution < -0.4 is 0 Å². The molecule has 6 nitrogen and oxygen atoms in total. The predicted molar refractivity (Wildman–Crippen MR) is 70.0 cm³/mol. The van der Waals surface area contributed by atoms with Crippen molar-refractivity contribution in [2.24, 2.45) is 5.92 Å². The molecular formula is C14H15N3O3. The molecule has 3 rings (SSSR count). The number of nitrogens with zero attached hydrogens (tertiary/aromatic N) is 3. The first-order valence-corrected chi connectivity index (χ1v) is 6.62. The highest BCUT2D eigenvalue weighted by molar-refractivity contribution is 5.70. The van der Waals surface area contributed by atoms with Gasteiger partial charge in [-0.15, -0.1) is 0 Å². The molecule has 0 amide bonds. The largest absolute Gasteiger partial charge is 0.481 e. The summed E-state index contributed by atoms with van der Waals surface area (Å²) >= 11 is 0. The summed E-state index contributed by atoms with van der Waals surface area (Å²) in [6, 6.07) is 1.89. The van der Waals surface area contributed by atoms with Gasteiger partial charge in [-0.25, -0.2) is 0 Å². The van der Waals surface area contributed by atoms with E-state index in [1.807, 2.05) is 13.0 Å². The first-order chi connectivity index (χ1) is 9.65. The monoisotopic (exact) mass is 273 g/mol. The molecule has 1 fully saturated rings. The number of hydrogen-bond acceptors (Lipinski definition) is 5. The van der Waals surface area contributed by atoms with Gasteiger partial charge >= 0.3 is 5.97 Å². The van der Waals surface area contributed by atoms with E-state index < -0.39 is 5.97 Å². The lowest BCUT2D eigenvalue weighted by atomic mass is 10.1. The van der Waals surface area contributed by atoms with Crippen LogP contribution >= 0.6 is 0 Å². The van der Waals surface area contributed by atoms with Crippen molar-refractivity contribution >= 4 is 5.97 Å². The minimum Gasteiger partial charge on any atom is -0.481 e. The van der Waals surface area contributed by atoms with E-state index in [0.717, 1.165) is 17.5 Å². The van der Waals surface area contributed by atoms with E-state index in [1.54, 1.807) is 12.4 Å². The second-order valence-electron chi connectivity index (χ2n) is 5.19. The minimum atomic E-state index is -0.740. The Morgan fingerprint density at radius 1 is 1.45 bits per heavy atom. The quantitative estimate of drug-likeness (QED) is 0.923. The normalized spacial score (nSPS) is 22.1. The zero-order valence-corrected chi connectivity index (χ0v) is 11.1. The Hall–Kier alpha value is -2.24. The fraction of sp³-hybridized carbons (Fsp3) is 0.429. The predicted octanol–water partition coefficient (Wildman–Crippen LogP) is 2.41. The van der Waals surface area contributed by atoms with Crippen LogP contribution in [0.5, 0.6) is 0 Å². The highest BCUT2D eigenvalue weighted by atomic mass is 16.5. The number of pyridine rings is 1. The molecule has 0 radical (unpaired) electrons. The average Bonchev–Trinajstić information content (AvgIpc) is 3.08. The van der Waals surface area contributed by atoms with Gasteiger partial charge in [-0.3, -0.25) is 9.78 Å². The van der Waals surface area contributed by atoms with Crippen LogP contribution in [0.25, 0.3) is 11.4 Å². The maximum absolute atomic E-state index is 11.0. The summed E-state index contributed by atoms with van der Waals surface area (Å²) in [5.74, 6) is 0.0662. The van der Waals surface area contributed by atoms with Crippen molar-refractivity contribution < 1.29 is 14.4 Å². The van der Waals surface area contributed by atoms with E-state index >= 15 is 0 Å². The number of carboxylic acid groups (broad SMARTS) is 1. The maximum atomic E-state index is 11.0. The van der Waals surface area contributed by atoms with Gasteiger partial charge in [-0.05, 0) is 37.8 Å². The molecule has 1 aliphatic carbocycles. The van der Waals surface area contributed by atoms with Crippen LogP contribution in [-0.2, 0) is 4.79 Å². The molecule has 0 aliphatic heterocycles. The first kappa shape index (κ1) is 12.8. The lowest BCUT2D eigenvalue weighted by molar-refractivity contribution is -0.141. The number of aromatic nitrogens is 3. The van der Waals surface area contributed by atoms with Crippen LogP contribution in [-0.4, -0.2) is 26.2 Å². The Morgan fingerprint density at radius 2 is 2.30 bits per heavy atom. The molecule has 20 heavy (non-hydrogen) atoms. The van der Waals surface area contributed by atoms with Crippen LogP contribution in [0.15, 0.2) is 23.0 Å². The molecule has 2 heterocycles. The second-order valence-corrected chi connectivity index (χ2v) is 5.19. The zero-order chi connectivity index (χ0) is 14.1. The van der Waals surface area contributed by atoms with Gasteiger partial charge in [0.1, 0.15) is 0 Å². The van der Waals surface area contributed by atoms with Gasteiger partial charge in [-0.2, -0.15) is 4.98 Å². The van der Waals surface area contributed by atoms with Gasteiger partial charge in [-0.1, -0.05) is 5.16 Å². The summed E-state index contributed by atoms with van der Waals surface area (Å²) in [6.07, 6.45) is 5.45. The topological polar surface area (TPSA) is 89.1 Å². The Balaban J connectivity index is 1.81. The van der Waals surface area contributed by atoms with Crippen LogP contribution in [0.1, 0.15) is 36.6 Å². The van der Waals surface area contributed by atoms with Crippen molar-refractivity contribution in [3.8, 4) is 11.4 Å². The summed E-state index contributed by atoms with van der Waals surface area (Å²) < 4.78 is 5.30. The fourth-order valence-corrected chi connectivity index (χ4v) is 2.64. The zero-order valence-electron chi connectivity index (χ0n) is 11.1. The number of carbonyl (C=O) groups is 1.